The van der Waals surface area contributed by atoms with Crippen LogP contribution in [0.2, 0.25) is 0 Å². The van der Waals surface area contributed by atoms with E-state index in [2.05, 4.69) is 82.4 Å². The SMILES string of the molecule is Cc1ccc([C@H](C)NC(C)c2cc(C)ccc2C)cc1. The van der Waals surface area contributed by atoms with Crippen LogP contribution in [0, 0.1) is 20.8 Å². The van der Waals surface area contributed by atoms with E-state index in [-0.39, 0.29) is 0 Å². The summed E-state index contributed by atoms with van der Waals surface area (Å²) in [6.45, 7) is 10.9. The zero-order valence-electron chi connectivity index (χ0n) is 13.2. The minimum atomic E-state index is 0.352. The molecule has 0 aromatic heterocycles. The molecule has 0 bridgehead atoms. The van der Waals surface area contributed by atoms with E-state index in [4.69, 9.17) is 0 Å². The molecule has 0 heterocycles. The molecule has 1 nitrogen and oxygen atoms in total. The smallest absolute Gasteiger partial charge is 0.0300 e. The molecule has 0 aliphatic heterocycles. The summed E-state index contributed by atoms with van der Waals surface area (Å²) >= 11 is 0. The van der Waals surface area contributed by atoms with Crippen LogP contribution in [0.4, 0.5) is 0 Å². The van der Waals surface area contributed by atoms with Crippen molar-refractivity contribution in [2.75, 3.05) is 0 Å². The standard InChI is InChI=1S/C19H25N/c1-13-7-10-18(11-8-13)16(4)20-17(5)19-12-14(2)6-9-15(19)3/h6-12,16-17,20H,1-5H3/t16-,17?/m0/s1. The van der Waals surface area contributed by atoms with Crippen LogP contribution in [0.5, 0.6) is 0 Å². The molecule has 1 unspecified atom stereocenters. The topological polar surface area (TPSA) is 12.0 Å². The third-order valence-electron chi connectivity index (χ3n) is 3.98. The van der Waals surface area contributed by atoms with Crippen molar-refractivity contribution in [1.82, 2.24) is 5.32 Å². The van der Waals surface area contributed by atoms with Crippen LogP contribution in [-0.4, -0.2) is 0 Å². The maximum Gasteiger partial charge on any atom is 0.0300 e. The average Bonchev–Trinajstić information content (AvgIpc) is 2.42. The summed E-state index contributed by atoms with van der Waals surface area (Å²) in [4.78, 5) is 0. The first kappa shape index (κ1) is 14.8. The summed E-state index contributed by atoms with van der Waals surface area (Å²) in [6, 6.07) is 16.2. The Morgan fingerprint density at radius 1 is 0.750 bits per heavy atom. The maximum absolute atomic E-state index is 3.70. The molecule has 2 rings (SSSR count). The van der Waals surface area contributed by atoms with Gasteiger partial charge in [-0.25, -0.2) is 0 Å². The van der Waals surface area contributed by atoms with Crippen LogP contribution in [0.3, 0.4) is 0 Å². The van der Waals surface area contributed by atoms with Crippen molar-refractivity contribution in [3.05, 3.63) is 70.3 Å². The Hall–Kier alpha value is -1.60. The van der Waals surface area contributed by atoms with E-state index in [1.807, 2.05) is 0 Å². The van der Waals surface area contributed by atoms with E-state index >= 15 is 0 Å². The largest absolute Gasteiger partial charge is 0.304 e. The number of hydrogen-bond acceptors (Lipinski definition) is 1. The van der Waals surface area contributed by atoms with Crippen molar-refractivity contribution in [2.24, 2.45) is 0 Å². The zero-order chi connectivity index (χ0) is 14.7. The molecule has 2 atom stereocenters. The monoisotopic (exact) mass is 267 g/mol. The molecule has 1 N–H and O–H groups in total. The van der Waals surface area contributed by atoms with Gasteiger partial charge in [0.15, 0.2) is 0 Å². The Kier molecular flexibility index (Phi) is 4.61. The highest BCUT2D eigenvalue weighted by atomic mass is 14.9. The van der Waals surface area contributed by atoms with Gasteiger partial charge in [0.05, 0.1) is 0 Å². The van der Waals surface area contributed by atoms with Crippen LogP contribution in [-0.2, 0) is 0 Å². The molecule has 20 heavy (non-hydrogen) atoms. The summed E-state index contributed by atoms with van der Waals surface area (Å²) in [7, 11) is 0. The third kappa shape index (κ3) is 3.49. The van der Waals surface area contributed by atoms with E-state index in [0.717, 1.165) is 0 Å². The first-order valence-corrected chi connectivity index (χ1v) is 7.37. The van der Waals surface area contributed by atoms with Crippen molar-refractivity contribution in [1.29, 1.82) is 0 Å². The molecular weight excluding hydrogens is 242 g/mol. The van der Waals surface area contributed by atoms with Gasteiger partial charge in [-0.05, 0) is 51.3 Å². The van der Waals surface area contributed by atoms with Crippen LogP contribution < -0.4 is 5.32 Å². The summed E-state index contributed by atoms with van der Waals surface area (Å²) in [5.74, 6) is 0. The van der Waals surface area contributed by atoms with E-state index in [1.165, 1.54) is 27.8 Å². The van der Waals surface area contributed by atoms with Crippen molar-refractivity contribution in [3.63, 3.8) is 0 Å². The molecular formula is C19H25N. The van der Waals surface area contributed by atoms with E-state index < -0.39 is 0 Å². The van der Waals surface area contributed by atoms with Gasteiger partial charge < -0.3 is 5.32 Å². The Morgan fingerprint density at radius 3 is 2.00 bits per heavy atom. The lowest BCUT2D eigenvalue weighted by Crippen LogP contribution is -2.23. The predicted octanol–water partition coefficient (Wildman–Crippen LogP) is 5.02. The maximum atomic E-state index is 3.70. The van der Waals surface area contributed by atoms with E-state index in [9.17, 15) is 0 Å². The first-order valence-electron chi connectivity index (χ1n) is 7.37. The minimum absolute atomic E-state index is 0.352. The molecule has 0 fully saturated rings. The lowest BCUT2D eigenvalue weighted by Gasteiger charge is -2.22. The normalized spacial score (nSPS) is 14.1. The van der Waals surface area contributed by atoms with Crippen molar-refractivity contribution in [3.8, 4) is 0 Å². The first-order chi connectivity index (χ1) is 9.47. The van der Waals surface area contributed by atoms with Gasteiger partial charge in [-0.2, -0.15) is 0 Å². The number of hydrogen-bond donors (Lipinski definition) is 1. The fourth-order valence-corrected chi connectivity index (χ4v) is 2.64. The Balaban J connectivity index is 2.12. The predicted molar refractivity (Wildman–Crippen MR) is 87.1 cm³/mol. The van der Waals surface area contributed by atoms with Gasteiger partial charge in [-0.3, -0.25) is 0 Å². The van der Waals surface area contributed by atoms with Crippen LogP contribution >= 0.6 is 0 Å². The summed E-state index contributed by atoms with van der Waals surface area (Å²) in [5, 5.41) is 3.70. The number of aryl methyl sites for hydroxylation is 3. The van der Waals surface area contributed by atoms with Gasteiger partial charge in [0, 0.05) is 12.1 Å². The molecule has 106 valence electrons. The summed E-state index contributed by atoms with van der Waals surface area (Å²) < 4.78 is 0. The highest BCUT2D eigenvalue weighted by molar-refractivity contribution is 5.33. The van der Waals surface area contributed by atoms with Crippen LogP contribution in [0.25, 0.3) is 0 Å². The summed E-state index contributed by atoms with van der Waals surface area (Å²) in [6.07, 6.45) is 0. The van der Waals surface area contributed by atoms with E-state index in [0.29, 0.717) is 12.1 Å². The molecule has 0 amide bonds. The Morgan fingerprint density at radius 2 is 1.35 bits per heavy atom. The highest BCUT2D eigenvalue weighted by Crippen LogP contribution is 2.23. The van der Waals surface area contributed by atoms with Gasteiger partial charge in [-0.1, -0.05) is 53.6 Å². The van der Waals surface area contributed by atoms with Gasteiger partial charge in [0.2, 0.25) is 0 Å². The minimum Gasteiger partial charge on any atom is -0.304 e. The number of benzene rings is 2. The second-order valence-electron chi connectivity index (χ2n) is 5.88. The molecule has 0 radical (unpaired) electrons. The van der Waals surface area contributed by atoms with Gasteiger partial charge >= 0.3 is 0 Å². The Labute approximate surface area is 123 Å². The summed E-state index contributed by atoms with van der Waals surface area (Å²) in [5.41, 5.74) is 6.72. The van der Waals surface area contributed by atoms with Crippen LogP contribution in [0.15, 0.2) is 42.5 Å². The van der Waals surface area contributed by atoms with Crippen LogP contribution in [0.1, 0.15) is 53.7 Å². The molecule has 0 spiro atoms. The molecule has 2 aromatic rings. The number of nitrogens with one attached hydrogen (secondary N) is 1. The van der Waals surface area contributed by atoms with Crippen molar-refractivity contribution < 1.29 is 0 Å². The Bertz CT molecular complexity index is 569. The van der Waals surface area contributed by atoms with Gasteiger partial charge in [0.1, 0.15) is 0 Å². The quantitative estimate of drug-likeness (QED) is 0.819. The lowest BCUT2D eigenvalue weighted by molar-refractivity contribution is 0.493. The van der Waals surface area contributed by atoms with Crippen molar-refractivity contribution >= 4 is 0 Å². The zero-order valence-corrected chi connectivity index (χ0v) is 13.2. The molecule has 2 aromatic carbocycles. The van der Waals surface area contributed by atoms with Crippen molar-refractivity contribution in [2.45, 2.75) is 46.7 Å². The fraction of sp³-hybridized carbons (Fsp3) is 0.368. The molecule has 0 saturated carbocycles. The molecule has 0 saturated heterocycles. The second kappa shape index (κ2) is 6.23. The molecule has 1 heteroatoms. The molecule has 0 aliphatic carbocycles. The lowest BCUT2D eigenvalue weighted by atomic mass is 9.98. The van der Waals surface area contributed by atoms with E-state index in [1.54, 1.807) is 0 Å². The number of rotatable bonds is 4. The van der Waals surface area contributed by atoms with Gasteiger partial charge in [-0.15, -0.1) is 0 Å². The molecule has 0 aliphatic rings. The average molecular weight is 267 g/mol. The van der Waals surface area contributed by atoms with Gasteiger partial charge in [0.25, 0.3) is 0 Å². The second-order valence-corrected chi connectivity index (χ2v) is 5.88. The third-order valence-corrected chi connectivity index (χ3v) is 3.98. The fourth-order valence-electron chi connectivity index (χ4n) is 2.64. The highest BCUT2D eigenvalue weighted by Gasteiger charge is 2.12.